The van der Waals surface area contributed by atoms with Gasteiger partial charge in [0.25, 0.3) is 0 Å². The lowest BCUT2D eigenvalue weighted by atomic mass is 9.92. The van der Waals surface area contributed by atoms with Crippen molar-refractivity contribution in [3.8, 4) is 6.07 Å². The number of nitriles is 1. The van der Waals surface area contributed by atoms with Crippen molar-refractivity contribution in [1.82, 2.24) is 10.6 Å². The van der Waals surface area contributed by atoms with Crippen LogP contribution >= 0.6 is 0 Å². The van der Waals surface area contributed by atoms with Crippen LogP contribution in [0.3, 0.4) is 0 Å². The zero-order valence-corrected chi connectivity index (χ0v) is 11.1. The molecular formula is C13H23N3O. The summed E-state index contributed by atoms with van der Waals surface area (Å²) >= 11 is 0. The number of carbonyl (C=O) groups is 1. The quantitative estimate of drug-likeness (QED) is 0.689. The molecule has 0 aromatic carbocycles. The third-order valence-electron chi connectivity index (χ3n) is 3.01. The molecule has 0 aromatic heterocycles. The van der Waals surface area contributed by atoms with Gasteiger partial charge in [0.1, 0.15) is 5.54 Å². The Morgan fingerprint density at radius 1 is 1.18 bits per heavy atom. The highest BCUT2D eigenvalue weighted by Crippen LogP contribution is 2.26. The van der Waals surface area contributed by atoms with Gasteiger partial charge in [-0.1, -0.05) is 25.7 Å². The Morgan fingerprint density at radius 2 is 1.71 bits per heavy atom. The molecule has 2 N–H and O–H groups in total. The van der Waals surface area contributed by atoms with E-state index in [1.54, 1.807) is 0 Å². The van der Waals surface area contributed by atoms with E-state index in [9.17, 15) is 10.1 Å². The van der Waals surface area contributed by atoms with Gasteiger partial charge >= 0.3 is 6.03 Å². The topological polar surface area (TPSA) is 64.9 Å². The van der Waals surface area contributed by atoms with Gasteiger partial charge in [-0.2, -0.15) is 5.26 Å². The van der Waals surface area contributed by atoms with Crippen molar-refractivity contribution in [2.75, 3.05) is 0 Å². The van der Waals surface area contributed by atoms with Gasteiger partial charge in [-0.3, -0.25) is 0 Å². The SMILES string of the molecule is CC(C)(C)NC(=O)NC1(C#N)CCCCCC1. The second kappa shape index (κ2) is 5.39. The van der Waals surface area contributed by atoms with E-state index in [0.717, 1.165) is 38.5 Å². The van der Waals surface area contributed by atoms with E-state index >= 15 is 0 Å². The van der Waals surface area contributed by atoms with Crippen LogP contribution in [0, 0.1) is 11.3 Å². The fraction of sp³-hybridized carbons (Fsp3) is 0.846. The molecule has 0 bridgehead atoms. The molecule has 1 rings (SSSR count). The average molecular weight is 237 g/mol. The Labute approximate surface area is 104 Å². The second-order valence-corrected chi connectivity index (χ2v) is 5.94. The summed E-state index contributed by atoms with van der Waals surface area (Å²) < 4.78 is 0. The van der Waals surface area contributed by atoms with E-state index < -0.39 is 5.54 Å². The third kappa shape index (κ3) is 4.64. The summed E-state index contributed by atoms with van der Waals surface area (Å²) in [6.07, 6.45) is 5.88. The molecule has 96 valence electrons. The first-order chi connectivity index (χ1) is 7.87. The Bertz CT molecular complexity index is 304. The first kappa shape index (κ1) is 13.8. The minimum atomic E-state index is -0.661. The average Bonchev–Trinajstić information content (AvgIpc) is 2.41. The molecule has 0 aromatic rings. The van der Waals surface area contributed by atoms with Crippen LogP contribution in [0.1, 0.15) is 59.3 Å². The number of nitrogens with one attached hydrogen (secondary N) is 2. The zero-order valence-electron chi connectivity index (χ0n) is 11.1. The van der Waals surface area contributed by atoms with E-state index in [1.165, 1.54) is 0 Å². The van der Waals surface area contributed by atoms with Crippen molar-refractivity contribution < 1.29 is 4.79 Å². The minimum absolute atomic E-state index is 0.235. The maximum Gasteiger partial charge on any atom is 0.316 e. The summed E-state index contributed by atoms with van der Waals surface area (Å²) in [7, 11) is 0. The first-order valence-corrected chi connectivity index (χ1v) is 6.38. The predicted molar refractivity (Wildman–Crippen MR) is 67.5 cm³/mol. The number of hydrogen-bond donors (Lipinski definition) is 2. The van der Waals surface area contributed by atoms with Crippen molar-refractivity contribution >= 4 is 6.03 Å². The highest BCUT2D eigenvalue weighted by atomic mass is 16.2. The van der Waals surface area contributed by atoms with Crippen LogP contribution in [-0.4, -0.2) is 17.1 Å². The number of nitrogens with zero attached hydrogens (tertiary/aromatic N) is 1. The molecule has 0 heterocycles. The van der Waals surface area contributed by atoms with Crippen LogP contribution in [0.4, 0.5) is 4.79 Å². The normalized spacial score (nSPS) is 19.9. The molecule has 2 amide bonds. The molecule has 0 aliphatic heterocycles. The maximum atomic E-state index is 11.8. The third-order valence-corrected chi connectivity index (χ3v) is 3.01. The van der Waals surface area contributed by atoms with Crippen LogP contribution in [-0.2, 0) is 0 Å². The van der Waals surface area contributed by atoms with Gasteiger partial charge in [0, 0.05) is 5.54 Å². The maximum absolute atomic E-state index is 11.8. The Balaban J connectivity index is 2.62. The Kier molecular flexibility index (Phi) is 4.39. The highest BCUT2D eigenvalue weighted by Gasteiger charge is 2.33. The molecular weight excluding hydrogens is 214 g/mol. The van der Waals surface area contributed by atoms with E-state index in [-0.39, 0.29) is 11.6 Å². The van der Waals surface area contributed by atoms with Crippen molar-refractivity contribution in [3.63, 3.8) is 0 Å². The summed E-state index contributed by atoms with van der Waals surface area (Å²) in [4.78, 5) is 11.8. The van der Waals surface area contributed by atoms with E-state index in [1.807, 2.05) is 20.8 Å². The number of hydrogen-bond acceptors (Lipinski definition) is 2. The number of rotatable bonds is 1. The molecule has 0 radical (unpaired) electrons. The number of carbonyl (C=O) groups excluding carboxylic acids is 1. The van der Waals surface area contributed by atoms with Gasteiger partial charge in [-0.15, -0.1) is 0 Å². The lowest BCUT2D eigenvalue weighted by molar-refractivity contribution is 0.220. The van der Waals surface area contributed by atoms with Crippen molar-refractivity contribution in [3.05, 3.63) is 0 Å². The van der Waals surface area contributed by atoms with E-state index in [0.29, 0.717) is 0 Å². The smallest absolute Gasteiger partial charge is 0.316 e. The largest absolute Gasteiger partial charge is 0.334 e. The molecule has 1 saturated carbocycles. The lowest BCUT2D eigenvalue weighted by Crippen LogP contribution is -2.55. The molecule has 1 aliphatic rings. The first-order valence-electron chi connectivity index (χ1n) is 6.38. The molecule has 4 heteroatoms. The molecule has 1 aliphatic carbocycles. The molecule has 0 atom stereocenters. The summed E-state index contributed by atoms with van der Waals surface area (Å²) in [5.74, 6) is 0. The van der Waals surface area contributed by atoms with Gasteiger partial charge < -0.3 is 10.6 Å². The molecule has 0 unspecified atom stereocenters. The summed E-state index contributed by atoms with van der Waals surface area (Å²) in [6, 6.07) is 2.07. The zero-order chi connectivity index (χ0) is 12.9. The molecule has 0 spiro atoms. The molecule has 1 fully saturated rings. The summed E-state index contributed by atoms with van der Waals surface area (Å²) in [5, 5.41) is 15.0. The molecule has 17 heavy (non-hydrogen) atoms. The van der Waals surface area contributed by atoms with Gasteiger partial charge in [0.05, 0.1) is 6.07 Å². The van der Waals surface area contributed by atoms with Crippen molar-refractivity contribution in [2.24, 2.45) is 0 Å². The van der Waals surface area contributed by atoms with Crippen LogP contribution < -0.4 is 10.6 Å². The fourth-order valence-corrected chi connectivity index (χ4v) is 2.19. The fourth-order valence-electron chi connectivity index (χ4n) is 2.19. The van der Waals surface area contributed by atoms with Crippen LogP contribution in [0.2, 0.25) is 0 Å². The van der Waals surface area contributed by atoms with E-state index in [4.69, 9.17) is 0 Å². The van der Waals surface area contributed by atoms with Crippen LogP contribution in [0.5, 0.6) is 0 Å². The van der Waals surface area contributed by atoms with Crippen LogP contribution in [0.15, 0.2) is 0 Å². The number of amides is 2. The monoisotopic (exact) mass is 237 g/mol. The Hall–Kier alpha value is -1.24. The van der Waals surface area contributed by atoms with Gasteiger partial charge in [-0.25, -0.2) is 4.79 Å². The minimum Gasteiger partial charge on any atom is -0.334 e. The van der Waals surface area contributed by atoms with Gasteiger partial charge in [0.2, 0.25) is 0 Å². The molecule has 0 saturated heterocycles. The summed E-state index contributed by atoms with van der Waals surface area (Å²) in [5.41, 5.74) is -0.933. The van der Waals surface area contributed by atoms with Gasteiger partial charge in [0.15, 0.2) is 0 Å². The second-order valence-electron chi connectivity index (χ2n) is 5.94. The molecule has 4 nitrogen and oxygen atoms in total. The summed E-state index contributed by atoms with van der Waals surface area (Å²) in [6.45, 7) is 5.79. The highest BCUT2D eigenvalue weighted by molar-refractivity contribution is 5.76. The lowest BCUT2D eigenvalue weighted by Gasteiger charge is -2.29. The number of urea groups is 1. The predicted octanol–water partition coefficient (Wildman–Crippen LogP) is 2.70. The standard InChI is InChI=1S/C13H23N3O/c1-12(2,3)15-11(17)16-13(10-14)8-6-4-5-7-9-13/h4-9H2,1-3H3,(H2,15,16,17). The van der Waals surface area contributed by atoms with Crippen LogP contribution in [0.25, 0.3) is 0 Å². The van der Waals surface area contributed by atoms with Crippen molar-refractivity contribution in [1.29, 1.82) is 5.26 Å². The van der Waals surface area contributed by atoms with E-state index in [2.05, 4.69) is 16.7 Å². The van der Waals surface area contributed by atoms with Crippen molar-refractivity contribution in [2.45, 2.75) is 70.4 Å². The Morgan fingerprint density at radius 3 is 2.12 bits per heavy atom. The van der Waals surface area contributed by atoms with Gasteiger partial charge in [-0.05, 0) is 33.6 Å².